The van der Waals surface area contributed by atoms with Crippen LogP contribution in [0, 0.1) is 5.82 Å². The van der Waals surface area contributed by atoms with Crippen molar-refractivity contribution in [3.8, 4) is 0 Å². The topological polar surface area (TPSA) is 35.6 Å². The van der Waals surface area contributed by atoms with E-state index in [0.717, 1.165) is 5.69 Å². The van der Waals surface area contributed by atoms with Gasteiger partial charge in [0.2, 0.25) is 0 Å². The number of benzene rings is 2. The van der Waals surface area contributed by atoms with Crippen LogP contribution in [0.3, 0.4) is 0 Å². The van der Waals surface area contributed by atoms with Crippen LogP contribution in [-0.4, -0.2) is 37.1 Å². The summed E-state index contributed by atoms with van der Waals surface area (Å²) in [5.74, 6) is -0.422. The van der Waals surface area contributed by atoms with Crippen molar-refractivity contribution in [1.29, 1.82) is 0 Å². The van der Waals surface area contributed by atoms with Crippen LogP contribution in [0.2, 0.25) is 0 Å². The minimum absolute atomic E-state index is 0.215. The second-order valence-corrected chi connectivity index (χ2v) is 5.42. The third-order valence-electron chi connectivity index (χ3n) is 3.98. The Morgan fingerprint density at radius 1 is 1.14 bits per heavy atom. The highest BCUT2D eigenvalue weighted by atomic mass is 19.1. The Morgan fingerprint density at radius 3 is 2.45 bits per heavy atom. The summed E-state index contributed by atoms with van der Waals surface area (Å²) in [5.41, 5.74) is 1.34. The second-order valence-electron chi connectivity index (χ2n) is 5.42. The van der Waals surface area contributed by atoms with E-state index in [0.29, 0.717) is 13.1 Å². The molecule has 1 aliphatic rings. The number of nitrogens with zero attached hydrogens (tertiary/aromatic N) is 2. The lowest BCUT2D eigenvalue weighted by Gasteiger charge is -2.44. The molecule has 3 rings (SSSR count). The zero-order valence-corrected chi connectivity index (χ0v) is 12.4. The summed E-state index contributed by atoms with van der Waals surface area (Å²) >= 11 is 0. The Labute approximate surface area is 129 Å². The molecule has 0 atom stereocenters. The van der Waals surface area contributed by atoms with Gasteiger partial charge in [0.15, 0.2) is 0 Å². The smallest absolute Gasteiger partial charge is 0.322 e. The molecule has 2 aromatic carbocycles. The van der Waals surface area contributed by atoms with Crippen LogP contribution in [0.1, 0.15) is 0 Å². The molecule has 5 heteroatoms. The van der Waals surface area contributed by atoms with Gasteiger partial charge in [-0.3, -0.25) is 0 Å². The predicted molar refractivity (Wildman–Crippen MR) is 85.6 cm³/mol. The number of para-hydroxylation sites is 2. The fourth-order valence-electron chi connectivity index (χ4n) is 2.50. The van der Waals surface area contributed by atoms with Gasteiger partial charge in [-0.2, -0.15) is 0 Å². The van der Waals surface area contributed by atoms with Gasteiger partial charge < -0.3 is 15.1 Å². The molecule has 0 aromatic heterocycles. The molecule has 0 unspecified atom stereocenters. The molecule has 0 spiro atoms. The van der Waals surface area contributed by atoms with Crippen molar-refractivity contribution in [2.45, 2.75) is 6.04 Å². The third-order valence-corrected chi connectivity index (χ3v) is 3.98. The molecule has 4 nitrogen and oxygen atoms in total. The fraction of sp³-hybridized carbons (Fsp3) is 0.235. The van der Waals surface area contributed by atoms with Crippen molar-refractivity contribution in [3.05, 3.63) is 60.4 Å². The average Bonchev–Trinajstić information content (AvgIpc) is 2.49. The van der Waals surface area contributed by atoms with E-state index in [1.807, 2.05) is 37.4 Å². The minimum Gasteiger partial charge on any atom is -0.368 e. The Hall–Kier alpha value is -2.56. The highest BCUT2D eigenvalue weighted by Gasteiger charge is 2.33. The van der Waals surface area contributed by atoms with Crippen molar-refractivity contribution in [3.63, 3.8) is 0 Å². The SMILES string of the molecule is CN(c1ccccc1)C1CN(C(=O)Nc2ccccc2F)C1. The molecular formula is C17H18FN3O. The monoisotopic (exact) mass is 299 g/mol. The van der Waals surface area contributed by atoms with E-state index >= 15 is 0 Å². The molecule has 1 heterocycles. The van der Waals surface area contributed by atoms with Gasteiger partial charge in [0, 0.05) is 25.8 Å². The Balaban J connectivity index is 1.55. The number of carbonyl (C=O) groups is 1. The standard InChI is InChI=1S/C17H18FN3O/c1-20(13-7-3-2-4-8-13)14-11-21(12-14)17(22)19-16-10-6-5-9-15(16)18/h2-10,14H,11-12H2,1H3,(H,19,22). The Morgan fingerprint density at radius 2 is 1.77 bits per heavy atom. The maximum atomic E-state index is 13.5. The molecule has 1 fully saturated rings. The van der Waals surface area contributed by atoms with E-state index in [-0.39, 0.29) is 17.8 Å². The van der Waals surface area contributed by atoms with Gasteiger partial charge >= 0.3 is 6.03 Å². The first kappa shape index (κ1) is 14.4. The summed E-state index contributed by atoms with van der Waals surface area (Å²) < 4.78 is 13.5. The number of rotatable bonds is 3. The highest BCUT2D eigenvalue weighted by Crippen LogP contribution is 2.22. The predicted octanol–water partition coefficient (Wildman–Crippen LogP) is 3.18. The minimum atomic E-state index is -0.422. The first-order chi connectivity index (χ1) is 10.6. The lowest BCUT2D eigenvalue weighted by Crippen LogP contribution is -2.61. The van der Waals surface area contributed by atoms with E-state index in [9.17, 15) is 9.18 Å². The zero-order valence-electron chi connectivity index (χ0n) is 12.4. The third kappa shape index (κ3) is 2.88. The summed E-state index contributed by atoms with van der Waals surface area (Å²) in [4.78, 5) is 15.9. The molecule has 0 aliphatic carbocycles. The summed E-state index contributed by atoms with van der Waals surface area (Å²) in [7, 11) is 2.02. The van der Waals surface area contributed by atoms with Crippen LogP contribution in [0.4, 0.5) is 20.6 Å². The maximum absolute atomic E-state index is 13.5. The molecule has 22 heavy (non-hydrogen) atoms. The van der Waals surface area contributed by atoms with Crippen LogP contribution in [0.15, 0.2) is 54.6 Å². The first-order valence-electron chi connectivity index (χ1n) is 7.23. The van der Waals surface area contributed by atoms with Crippen molar-refractivity contribution >= 4 is 17.4 Å². The second kappa shape index (κ2) is 6.05. The summed E-state index contributed by atoms with van der Waals surface area (Å²) in [6, 6.07) is 16.3. The largest absolute Gasteiger partial charge is 0.368 e. The summed E-state index contributed by atoms with van der Waals surface area (Å²) in [6.07, 6.45) is 0. The van der Waals surface area contributed by atoms with Crippen molar-refractivity contribution in [1.82, 2.24) is 4.90 Å². The van der Waals surface area contributed by atoms with E-state index in [1.54, 1.807) is 23.1 Å². The van der Waals surface area contributed by atoms with Crippen molar-refractivity contribution in [2.75, 3.05) is 30.4 Å². The molecule has 1 aliphatic heterocycles. The molecular weight excluding hydrogens is 281 g/mol. The Kier molecular flexibility index (Phi) is 3.96. The number of hydrogen-bond donors (Lipinski definition) is 1. The van der Waals surface area contributed by atoms with Crippen LogP contribution < -0.4 is 10.2 Å². The van der Waals surface area contributed by atoms with Gasteiger partial charge in [-0.05, 0) is 24.3 Å². The first-order valence-corrected chi connectivity index (χ1v) is 7.23. The van der Waals surface area contributed by atoms with E-state index < -0.39 is 5.82 Å². The van der Waals surface area contributed by atoms with Crippen LogP contribution >= 0.6 is 0 Å². The van der Waals surface area contributed by atoms with Crippen LogP contribution in [0.25, 0.3) is 0 Å². The van der Waals surface area contributed by atoms with Gasteiger partial charge in [0.05, 0.1) is 11.7 Å². The van der Waals surface area contributed by atoms with Crippen LogP contribution in [-0.2, 0) is 0 Å². The molecule has 0 bridgehead atoms. The number of amides is 2. The lowest BCUT2D eigenvalue weighted by atomic mass is 10.1. The normalized spacial score (nSPS) is 14.4. The molecule has 1 saturated heterocycles. The number of carbonyl (C=O) groups excluding carboxylic acids is 1. The van der Waals surface area contributed by atoms with Gasteiger partial charge in [-0.25, -0.2) is 9.18 Å². The molecule has 1 N–H and O–H groups in total. The van der Waals surface area contributed by atoms with Gasteiger partial charge in [0.1, 0.15) is 5.82 Å². The molecule has 0 radical (unpaired) electrons. The number of urea groups is 1. The number of nitrogens with one attached hydrogen (secondary N) is 1. The Bertz CT molecular complexity index is 656. The van der Waals surface area contributed by atoms with Gasteiger partial charge in [0.25, 0.3) is 0 Å². The number of likely N-dealkylation sites (N-methyl/N-ethyl adjacent to an activating group) is 1. The van der Waals surface area contributed by atoms with Crippen molar-refractivity contribution in [2.24, 2.45) is 0 Å². The average molecular weight is 299 g/mol. The molecule has 2 aromatic rings. The van der Waals surface area contributed by atoms with E-state index in [1.165, 1.54) is 6.07 Å². The number of hydrogen-bond acceptors (Lipinski definition) is 2. The molecule has 2 amide bonds. The summed E-state index contributed by atoms with van der Waals surface area (Å²) in [6.45, 7) is 1.26. The zero-order chi connectivity index (χ0) is 15.5. The number of anilines is 2. The highest BCUT2D eigenvalue weighted by molar-refractivity contribution is 5.90. The number of likely N-dealkylation sites (tertiary alicyclic amines) is 1. The quantitative estimate of drug-likeness (QED) is 0.945. The van der Waals surface area contributed by atoms with Crippen molar-refractivity contribution < 1.29 is 9.18 Å². The van der Waals surface area contributed by atoms with Crippen LogP contribution in [0.5, 0.6) is 0 Å². The fourth-order valence-corrected chi connectivity index (χ4v) is 2.50. The maximum Gasteiger partial charge on any atom is 0.322 e. The molecule has 0 saturated carbocycles. The van der Waals surface area contributed by atoms with E-state index in [4.69, 9.17) is 0 Å². The van der Waals surface area contributed by atoms with Gasteiger partial charge in [-0.1, -0.05) is 30.3 Å². The number of halogens is 1. The lowest BCUT2D eigenvalue weighted by molar-refractivity contribution is 0.163. The van der Waals surface area contributed by atoms with E-state index in [2.05, 4.69) is 10.2 Å². The molecule has 114 valence electrons. The summed E-state index contributed by atoms with van der Waals surface area (Å²) in [5, 5.41) is 2.60. The van der Waals surface area contributed by atoms with Gasteiger partial charge in [-0.15, -0.1) is 0 Å².